The highest BCUT2D eigenvalue weighted by atomic mass is 32.2. The van der Waals surface area contributed by atoms with Crippen molar-refractivity contribution in [2.45, 2.75) is 23.8 Å². The number of benzene rings is 2. The van der Waals surface area contributed by atoms with Crippen LogP contribution in [0.2, 0.25) is 0 Å². The van der Waals surface area contributed by atoms with Gasteiger partial charge in [0.25, 0.3) is 0 Å². The molecular weight excluding hydrogens is 372 g/mol. The molecule has 0 aliphatic carbocycles. The van der Waals surface area contributed by atoms with E-state index >= 15 is 0 Å². The molecule has 0 saturated heterocycles. The van der Waals surface area contributed by atoms with Crippen LogP contribution >= 0.6 is 11.8 Å². The number of hydrogen-bond acceptors (Lipinski definition) is 5. The maximum atomic E-state index is 12.5. The first kappa shape index (κ1) is 18.7. The van der Waals surface area contributed by atoms with Crippen LogP contribution in [0.1, 0.15) is 13.3 Å². The van der Waals surface area contributed by atoms with Gasteiger partial charge in [-0.1, -0.05) is 36.0 Å². The molecule has 0 aliphatic heterocycles. The number of imidazole rings is 1. The Labute approximate surface area is 167 Å². The summed E-state index contributed by atoms with van der Waals surface area (Å²) in [5.74, 6) is -0.00590. The highest BCUT2D eigenvalue weighted by Gasteiger charge is 2.19. The summed E-state index contributed by atoms with van der Waals surface area (Å²) in [6, 6.07) is 16.0. The zero-order valence-corrected chi connectivity index (χ0v) is 16.7. The lowest BCUT2D eigenvalue weighted by Gasteiger charge is -2.13. The fourth-order valence-electron chi connectivity index (χ4n) is 3.18. The van der Waals surface area contributed by atoms with Gasteiger partial charge in [-0.2, -0.15) is 0 Å². The fraction of sp³-hybridized carbons (Fsp3) is 0.286. The first-order valence-corrected chi connectivity index (χ1v) is 10.2. The quantitative estimate of drug-likeness (QED) is 0.294. The highest BCUT2D eigenvalue weighted by molar-refractivity contribution is 8.00. The van der Waals surface area contributed by atoms with Crippen molar-refractivity contribution in [1.29, 1.82) is 0 Å². The van der Waals surface area contributed by atoms with Gasteiger partial charge in [0.15, 0.2) is 5.16 Å². The molecule has 0 bridgehead atoms. The minimum absolute atomic E-state index is 0.00590. The first-order valence-electron chi connectivity index (χ1n) is 9.28. The average Bonchev–Trinajstić information content (AvgIpc) is 3.11. The number of nitrogens with one attached hydrogen (secondary N) is 1. The van der Waals surface area contributed by atoms with Crippen LogP contribution < -0.4 is 5.32 Å². The molecular formula is C21H22N4O2S. The van der Waals surface area contributed by atoms with Gasteiger partial charge in [0.1, 0.15) is 5.65 Å². The SMILES string of the molecule is COCCCNC(=O)C(C)Sc1nc2ccccc2c2nc3ccccc3n12. The van der Waals surface area contributed by atoms with Gasteiger partial charge in [-0.15, -0.1) is 0 Å². The van der Waals surface area contributed by atoms with Gasteiger partial charge in [0, 0.05) is 25.6 Å². The van der Waals surface area contributed by atoms with E-state index in [-0.39, 0.29) is 11.2 Å². The van der Waals surface area contributed by atoms with Crippen LogP contribution in [-0.2, 0) is 9.53 Å². The zero-order chi connectivity index (χ0) is 19.5. The van der Waals surface area contributed by atoms with E-state index < -0.39 is 0 Å². The Kier molecular flexibility index (Phi) is 5.45. The van der Waals surface area contributed by atoms with E-state index in [4.69, 9.17) is 14.7 Å². The molecule has 0 fully saturated rings. The molecule has 1 amide bonds. The van der Waals surface area contributed by atoms with E-state index in [9.17, 15) is 4.79 Å². The second kappa shape index (κ2) is 8.16. The summed E-state index contributed by atoms with van der Waals surface area (Å²) in [5.41, 5.74) is 3.65. The number of thioether (sulfide) groups is 1. The monoisotopic (exact) mass is 394 g/mol. The molecule has 1 N–H and O–H groups in total. The van der Waals surface area contributed by atoms with Crippen molar-refractivity contribution in [3.8, 4) is 0 Å². The third kappa shape index (κ3) is 3.55. The molecule has 0 spiro atoms. The molecule has 2 heterocycles. The maximum Gasteiger partial charge on any atom is 0.233 e. The second-order valence-corrected chi connectivity index (χ2v) is 7.88. The standard InChI is InChI=1S/C21H22N4O2S/c1-14(20(26)22-12-7-13-27-2)28-21-24-16-9-4-3-8-15(16)19-23-17-10-5-6-11-18(17)25(19)21/h3-6,8-11,14H,7,12-13H2,1-2H3,(H,22,26). The predicted molar refractivity (Wildman–Crippen MR) is 113 cm³/mol. The molecule has 7 heteroatoms. The minimum atomic E-state index is -0.277. The van der Waals surface area contributed by atoms with Gasteiger partial charge in [0.05, 0.1) is 21.8 Å². The van der Waals surface area contributed by atoms with Crippen molar-refractivity contribution in [3.05, 3.63) is 48.5 Å². The summed E-state index contributed by atoms with van der Waals surface area (Å²) in [5, 5.41) is 4.45. The maximum absolute atomic E-state index is 12.5. The Balaban J connectivity index is 1.72. The Morgan fingerprint density at radius 2 is 1.89 bits per heavy atom. The number of methoxy groups -OCH3 is 1. The smallest absolute Gasteiger partial charge is 0.233 e. The Morgan fingerprint density at radius 3 is 2.71 bits per heavy atom. The van der Waals surface area contributed by atoms with Gasteiger partial charge in [-0.05, 0) is 37.6 Å². The van der Waals surface area contributed by atoms with E-state index in [1.807, 2.05) is 55.5 Å². The molecule has 6 nitrogen and oxygen atoms in total. The van der Waals surface area contributed by atoms with E-state index in [2.05, 4.69) is 9.72 Å². The van der Waals surface area contributed by atoms with Crippen LogP contribution in [0.3, 0.4) is 0 Å². The van der Waals surface area contributed by atoms with Crippen LogP contribution in [0, 0.1) is 0 Å². The number of para-hydroxylation sites is 3. The molecule has 1 unspecified atom stereocenters. The Hall–Kier alpha value is -2.64. The van der Waals surface area contributed by atoms with Crippen LogP contribution in [0.4, 0.5) is 0 Å². The third-order valence-electron chi connectivity index (χ3n) is 4.59. The average molecular weight is 395 g/mol. The van der Waals surface area contributed by atoms with Gasteiger partial charge < -0.3 is 10.1 Å². The number of ether oxygens (including phenoxy) is 1. The topological polar surface area (TPSA) is 68.5 Å². The van der Waals surface area contributed by atoms with E-state index in [1.54, 1.807) is 7.11 Å². The molecule has 4 aromatic rings. The minimum Gasteiger partial charge on any atom is -0.385 e. The largest absolute Gasteiger partial charge is 0.385 e. The summed E-state index contributed by atoms with van der Waals surface area (Å²) >= 11 is 1.45. The number of carbonyl (C=O) groups excluding carboxylic acids is 1. The Bertz CT molecular complexity index is 1140. The number of fused-ring (bicyclic) bond motifs is 5. The van der Waals surface area contributed by atoms with Gasteiger partial charge >= 0.3 is 0 Å². The molecule has 144 valence electrons. The molecule has 0 saturated carbocycles. The summed E-state index contributed by atoms with van der Waals surface area (Å²) in [7, 11) is 1.66. The van der Waals surface area contributed by atoms with E-state index in [1.165, 1.54) is 11.8 Å². The van der Waals surface area contributed by atoms with Gasteiger partial charge in [0.2, 0.25) is 5.91 Å². The van der Waals surface area contributed by atoms with E-state index in [0.29, 0.717) is 13.2 Å². The normalized spacial score (nSPS) is 12.6. The Morgan fingerprint density at radius 1 is 1.14 bits per heavy atom. The lowest BCUT2D eigenvalue weighted by Crippen LogP contribution is -2.32. The lowest BCUT2D eigenvalue weighted by atomic mass is 10.2. The second-order valence-electron chi connectivity index (χ2n) is 6.57. The molecule has 1 atom stereocenters. The van der Waals surface area contributed by atoms with E-state index in [0.717, 1.165) is 39.2 Å². The highest BCUT2D eigenvalue weighted by Crippen LogP contribution is 2.30. The van der Waals surface area contributed by atoms with Crippen LogP contribution in [0.15, 0.2) is 53.7 Å². The first-order chi connectivity index (χ1) is 13.7. The van der Waals surface area contributed by atoms with Crippen LogP contribution in [0.5, 0.6) is 0 Å². The molecule has 0 aliphatic rings. The molecule has 0 radical (unpaired) electrons. The molecule has 4 rings (SSSR count). The van der Waals surface area contributed by atoms with Crippen LogP contribution in [0.25, 0.3) is 27.6 Å². The number of hydrogen-bond donors (Lipinski definition) is 1. The van der Waals surface area contributed by atoms with Crippen molar-refractivity contribution in [3.63, 3.8) is 0 Å². The summed E-state index contributed by atoms with van der Waals surface area (Å²) < 4.78 is 7.08. The van der Waals surface area contributed by atoms with Crippen molar-refractivity contribution < 1.29 is 9.53 Å². The van der Waals surface area contributed by atoms with Gasteiger partial charge in [-0.25, -0.2) is 9.97 Å². The number of carbonyl (C=O) groups is 1. The predicted octanol–water partition coefficient (Wildman–Crippen LogP) is 3.67. The number of amides is 1. The van der Waals surface area contributed by atoms with Crippen molar-refractivity contribution in [1.82, 2.24) is 19.7 Å². The fourth-order valence-corrected chi connectivity index (χ4v) is 4.12. The summed E-state index contributed by atoms with van der Waals surface area (Å²) in [6.07, 6.45) is 0.796. The van der Waals surface area contributed by atoms with Crippen molar-refractivity contribution >= 4 is 45.3 Å². The third-order valence-corrected chi connectivity index (χ3v) is 5.64. The number of rotatable bonds is 7. The summed E-state index contributed by atoms with van der Waals surface area (Å²) in [6.45, 7) is 3.14. The van der Waals surface area contributed by atoms with Crippen molar-refractivity contribution in [2.75, 3.05) is 20.3 Å². The van der Waals surface area contributed by atoms with Crippen molar-refractivity contribution in [2.24, 2.45) is 0 Å². The number of nitrogens with zero attached hydrogens (tertiary/aromatic N) is 3. The molecule has 28 heavy (non-hydrogen) atoms. The number of aromatic nitrogens is 3. The van der Waals surface area contributed by atoms with Gasteiger partial charge in [-0.3, -0.25) is 9.20 Å². The summed E-state index contributed by atoms with van der Waals surface area (Å²) in [4.78, 5) is 22.2. The van der Waals surface area contributed by atoms with Crippen LogP contribution in [-0.4, -0.2) is 45.8 Å². The zero-order valence-electron chi connectivity index (χ0n) is 15.9. The lowest BCUT2D eigenvalue weighted by molar-refractivity contribution is -0.120. The molecule has 2 aromatic heterocycles. The molecule has 2 aromatic carbocycles.